The Kier molecular flexibility index (Phi) is 4.96. The van der Waals surface area contributed by atoms with E-state index in [9.17, 15) is 0 Å². The van der Waals surface area contributed by atoms with Gasteiger partial charge < -0.3 is 16.0 Å². The second-order valence-corrected chi connectivity index (χ2v) is 5.29. The van der Waals surface area contributed by atoms with Crippen molar-refractivity contribution >= 4 is 11.6 Å². The molecule has 0 spiro atoms. The van der Waals surface area contributed by atoms with Crippen molar-refractivity contribution in [1.29, 1.82) is 0 Å². The Hall–Kier alpha value is -1.36. The maximum atomic E-state index is 5.76. The van der Waals surface area contributed by atoms with Crippen LogP contribution in [0.3, 0.4) is 0 Å². The monoisotopic (exact) mass is 263 g/mol. The van der Waals surface area contributed by atoms with Gasteiger partial charge >= 0.3 is 0 Å². The topological polar surface area (TPSA) is 67.1 Å². The van der Waals surface area contributed by atoms with Gasteiger partial charge in [0.2, 0.25) is 0 Å². The minimum absolute atomic E-state index is 0.540. The van der Waals surface area contributed by atoms with E-state index >= 15 is 0 Å². The van der Waals surface area contributed by atoms with Crippen LogP contribution in [0.4, 0.5) is 11.6 Å². The van der Waals surface area contributed by atoms with Crippen LogP contribution in [0.25, 0.3) is 0 Å². The molecule has 0 atom stereocenters. The molecule has 5 heteroatoms. The highest BCUT2D eigenvalue weighted by molar-refractivity contribution is 5.44. The summed E-state index contributed by atoms with van der Waals surface area (Å²) >= 11 is 0. The second kappa shape index (κ2) is 6.70. The molecule has 1 aliphatic rings. The van der Waals surface area contributed by atoms with Gasteiger partial charge in [0.1, 0.15) is 17.5 Å². The summed E-state index contributed by atoms with van der Waals surface area (Å²) in [5, 5.41) is 3.34. The summed E-state index contributed by atoms with van der Waals surface area (Å²) in [4.78, 5) is 11.1. The van der Waals surface area contributed by atoms with Crippen LogP contribution >= 0.6 is 0 Å². The minimum Gasteiger partial charge on any atom is -0.384 e. The SMILES string of the molecule is CCc1nc(N)cc(NCCN(C)C2CCCC2)n1. The average Bonchev–Trinajstić information content (AvgIpc) is 2.92. The lowest BCUT2D eigenvalue weighted by Crippen LogP contribution is -2.33. The number of likely N-dealkylation sites (N-methyl/N-ethyl adjacent to an activating group) is 1. The first-order valence-electron chi connectivity index (χ1n) is 7.26. The van der Waals surface area contributed by atoms with Crippen LogP contribution in [-0.2, 0) is 6.42 Å². The smallest absolute Gasteiger partial charge is 0.132 e. The Balaban J connectivity index is 1.80. The highest BCUT2D eigenvalue weighted by Gasteiger charge is 2.18. The van der Waals surface area contributed by atoms with Gasteiger partial charge in [0.25, 0.3) is 0 Å². The number of anilines is 2. The molecule has 0 amide bonds. The molecule has 0 saturated heterocycles. The third-order valence-electron chi connectivity index (χ3n) is 3.83. The zero-order chi connectivity index (χ0) is 13.7. The molecule has 0 aromatic carbocycles. The van der Waals surface area contributed by atoms with Gasteiger partial charge in [0, 0.05) is 31.6 Å². The fourth-order valence-electron chi connectivity index (χ4n) is 2.65. The fourth-order valence-corrected chi connectivity index (χ4v) is 2.65. The summed E-state index contributed by atoms with van der Waals surface area (Å²) in [6.07, 6.45) is 6.26. The van der Waals surface area contributed by atoms with Gasteiger partial charge in [0.15, 0.2) is 0 Å². The third kappa shape index (κ3) is 4.06. The van der Waals surface area contributed by atoms with E-state index in [2.05, 4.69) is 27.2 Å². The second-order valence-electron chi connectivity index (χ2n) is 5.29. The van der Waals surface area contributed by atoms with Crippen LogP contribution in [0.2, 0.25) is 0 Å². The molecule has 2 rings (SSSR count). The van der Waals surface area contributed by atoms with E-state index in [1.54, 1.807) is 6.07 Å². The van der Waals surface area contributed by atoms with Gasteiger partial charge in [-0.15, -0.1) is 0 Å². The number of nitrogen functional groups attached to an aromatic ring is 1. The lowest BCUT2D eigenvalue weighted by Gasteiger charge is -2.24. The molecule has 106 valence electrons. The van der Waals surface area contributed by atoms with E-state index in [1.807, 2.05) is 6.92 Å². The molecule has 5 nitrogen and oxygen atoms in total. The van der Waals surface area contributed by atoms with Crippen LogP contribution in [0.15, 0.2) is 6.07 Å². The van der Waals surface area contributed by atoms with E-state index < -0.39 is 0 Å². The summed E-state index contributed by atoms with van der Waals surface area (Å²) in [5.41, 5.74) is 5.76. The molecular weight excluding hydrogens is 238 g/mol. The number of aryl methyl sites for hydroxylation is 1. The van der Waals surface area contributed by atoms with Crippen molar-refractivity contribution in [2.75, 3.05) is 31.2 Å². The van der Waals surface area contributed by atoms with Crippen molar-refractivity contribution in [2.24, 2.45) is 0 Å². The zero-order valence-corrected chi connectivity index (χ0v) is 12.0. The molecule has 1 fully saturated rings. The molecular formula is C14H25N5. The van der Waals surface area contributed by atoms with Crippen molar-refractivity contribution in [1.82, 2.24) is 14.9 Å². The van der Waals surface area contributed by atoms with Crippen LogP contribution in [-0.4, -0.2) is 41.0 Å². The predicted octanol–water partition coefficient (Wildman–Crippen LogP) is 1.91. The van der Waals surface area contributed by atoms with E-state index in [1.165, 1.54) is 25.7 Å². The highest BCUT2D eigenvalue weighted by atomic mass is 15.2. The molecule has 1 saturated carbocycles. The van der Waals surface area contributed by atoms with Gasteiger partial charge in [-0.25, -0.2) is 9.97 Å². The summed E-state index contributed by atoms with van der Waals surface area (Å²) in [6, 6.07) is 2.57. The van der Waals surface area contributed by atoms with E-state index in [0.717, 1.165) is 37.2 Å². The normalized spacial score (nSPS) is 16.2. The quantitative estimate of drug-likeness (QED) is 0.820. The molecule has 0 aliphatic heterocycles. The molecule has 3 N–H and O–H groups in total. The number of nitrogens with one attached hydrogen (secondary N) is 1. The summed E-state index contributed by atoms with van der Waals surface area (Å²) in [7, 11) is 2.21. The lowest BCUT2D eigenvalue weighted by atomic mass is 10.2. The van der Waals surface area contributed by atoms with Crippen LogP contribution in [0, 0.1) is 0 Å². The number of hydrogen-bond acceptors (Lipinski definition) is 5. The molecule has 1 aromatic heterocycles. The number of nitrogens with zero attached hydrogens (tertiary/aromatic N) is 3. The number of rotatable bonds is 6. The first kappa shape index (κ1) is 14.1. The number of nitrogens with two attached hydrogens (primary N) is 1. The van der Waals surface area contributed by atoms with Crippen LogP contribution in [0.1, 0.15) is 38.4 Å². The van der Waals surface area contributed by atoms with Gasteiger partial charge in [-0.05, 0) is 19.9 Å². The standard InChI is InChI=1S/C14H25N5/c1-3-13-17-12(15)10-14(18-13)16-8-9-19(2)11-6-4-5-7-11/h10-11H,3-9H2,1-2H3,(H3,15,16,17,18). The molecule has 1 aliphatic carbocycles. The Morgan fingerprint density at radius 3 is 2.79 bits per heavy atom. The highest BCUT2D eigenvalue weighted by Crippen LogP contribution is 2.21. The van der Waals surface area contributed by atoms with Crippen LogP contribution in [0.5, 0.6) is 0 Å². The summed E-state index contributed by atoms with van der Waals surface area (Å²) in [5.74, 6) is 2.18. The van der Waals surface area contributed by atoms with Gasteiger partial charge in [-0.1, -0.05) is 19.8 Å². The Bertz CT molecular complexity index is 401. The molecule has 1 aromatic rings. The van der Waals surface area contributed by atoms with Crippen molar-refractivity contribution < 1.29 is 0 Å². The predicted molar refractivity (Wildman–Crippen MR) is 79.2 cm³/mol. The Labute approximate surface area is 115 Å². The molecule has 0 unspecified atom stereocenters. The van der Waals surface area contributed by atoms with Gasteiger partial charge in [-0.2, -0.15) is 0 Å². The minimum atomic E-state index is 0.540. The third-order valence-corrected chi connectivity index (χ3v) is 3.83. The fraction of sp³-hybridized carbons (Fsp3) is 0.714. The van der Waals surface area contributed by atoms with Crippen molar-refractivity contribution in [2.45, 2.75) is 45.1 Å². The summed E-state index contributed by atoms with van der Waals surface area (Å²) < 4.78 is 0. The molecule has 0 radical (unpaired) electrons. The number of aromatic nitrogens is 2. The van der Waals surface area contributed by atoms with E-state index in [0.29, 0.717) is 5.82 Å². The maximum Gasteiger partial charge on any atom is 0.132 e. The maximum absolute atomic E-state index is 5.76. The van der Waals surface area contributed by atoms with Crippen molar-refractivity contribution in [3.8, 4) is 0 Å². The molecule has 1 heterocycles. The zero-order valence-electron chi connectivity index (χ0n) is 12.0. The molecule has 0 bridgehead atoms. The number of hydrogen-bond donors (Lipinski definition) is 2. The van der Waals surface area contributed by atoms with E-state index in [-0.39, 0.29) is 0 Å². The van der Waals surface area contributed by atoms with Gasteiger partial charge in [0.05, 0.1) is 0 Å². The first-order valence-corrected chi connectivity index (χ1v) is 7.26. The lowest BCUT2D eigenvalue weighted by molar-refractivity contribution is 0.254. The average molecular weight is 263 g/mol. The van der Waals surface area contributed by atoms with E-state index in [4.69, 9.17) is 5.73 Å². The van der Waals surface area contributed by atoms with Crippen LogP contribution < -0.4 is 11.1 Å². The largest absolute Gasteiger partial charge is 0.384 e. The Morgan fingerprint density at radius 1 is 1.37 bits per heavy atom. The first-order chi connectivity index (χ1) is 9.19. The van der Waals surface area contributed by atoms with Crippen molar-refractivity contribution in [3.05, 3.63) is 11.9 Å². The van der Waals surface area contributed by atoms with Gasteiger partial charge in [-0.3, -0.25) is 0 Å². The Morgan fingerprint density at radius 2 is 2.11 bits per heavy atom. The molecule has 19 heavy (non-hydrogen) atoms. The van der Waals surface area contributed by atoms with Crippen molar-refractivity contribution in [3.63, 3.8) is 0 Å². The summed E-state index contributed by atoms with van der Waals surface area (Å²) in [6.45, 7) is 3.97.